The van der Waals surface area contributed by atoms with E-state index in [-0.39, 0.29) is 0 Å². The van der Waals surface area contributed by atoms with Crippen LogP contribution in [-0.2, 0) is 19.4 Å². The van der Waals surface area contributed by atoms with Crippen LogP contribution in [0.15, 0.2) is 24.8 Å². The maximum atomic E-state index is 9.53. The molecule has 0 spiro atoms. The Hall–Kier alpha value is -1.84. The number of aryl methyl sites for hydroxylation is 3. The third kappa shape index (κ3) is 2.23. The second-order valence-electron chi connectivity index (χ2n) is 4.93. The zero-order valence-corrected chi connectivity index (χ0v) is 10.4. The van der Waals surface area contributed by atoms with E-state index < -0.39 is 0 Å². The van der Waals surface area contributed by atoms with Gasteiger partial charge in [0.05, 0.1) is 5.69 Å². The average Bonchev–Trinajstić information content (AvgIpc) is 2.96. The number of hydrogen-bond donors (Lipinski definition) is 3. The lowest BCUT2D eigenvalue weighted by atomic mass is 10.1. The van der Waals surface area contributed by atoms with Gasteiger partial charge in [-0.05, 0) is 31.2 Å². The van der Waals surface area contributed by atoms with Crippen LogP contribution in [0.3, 0.4) is 0 Å². The number of rotatable bonds is 4. The van der Waals surface area contributed by atoms with Gasteiger partial charge in [-0.2, -0.15) is 0 Å². The molecule has 0 fully saturated rings. The molecule has 0 bridgehead atoms. The quantitative estimate of drug-likeness (QED) is 0.775. The average molecular weight is 245 g/mol. The molecule has 4 nitrogen and oxygen atoms in total. The van der Waals surface area contributed by atoms with Gasteiger partial charge in [0.1, 0.15) is 5.75 Å². The molecule has 0 atom stereocenters. The van der Waals surface area contributed by atoms with Crippen LogP contribution >= 0.6 is 0 Å². The molecule has 96 valence electrons. The second-order valence-corrected chi connectivity index (χ2v) is 4.93. The summed E-state index contributed by atoms with van der Waals surface area (Å²) in [6.45, 7) is 2.09. The Morgan fingerprint density at radius 2 is 2.22 bits per heavy atom. The van der Waals surface area contributed by atoms with Crippen LogP contribution in [0.1, 0.15) is 24.0 Å². The van der Waals surface area contributed by atoms with Crippen molar-refractivity contribution in [2.45, 2.75) is 32.2 Å². The van der Waals surface area contributed by atoms with Gasteiger partial charge in [-0.3, -0.25) is 0 Å². The Balaban J connectivity index is 1.57. The van der Waals surface area contributed by atoms with Gasteiger partial charge in [-0.15, -0.1) is 0 Å². The zero-order chi connectivity index (χ0) is 12.4. The molecule has 3 N–H and O–H groups in total. The van der Waals surface area contributed by atoms with E-state index in [1.54, 1.807) is 6.20 Å². The Bertz CT molecular complexity index is 503. The predicted molar refractivity (Wildman–Crippen MR) is 72.0 cm³/mol. The van der Waals surface area contributed by atoms with Gasteiger partial charge in [-0.25, -0.2) is 0 Å². The fourth-order valence-corrected chi connectivity index (χ4v) is 2.59. The number of H-pyrrole nitrogens is 1. The summed E-state index contributed by atoms with van der Waals surface area (Å²) in [4.78, 5) is 2.92. The first-order valence-corrected chi connectivity index (χ1v) is 6.60. The van der Waals surface area contributed by atoms with E-state index in [0.717, 1.165) is 31.5 Å². The van der Waals surface area contributed by atoms with Crippen molar-refractivity contribution in [3.63, 3.8) is 0 Å². The second kappa shape index (κ2) is 4.80. The molecule has 0 aliphatic carbocycles. The van der Waals surface area contributed by atoms with E-state index in [9.17, 15) is 5.11 Å². The van der Waals surface area contributed by atoms with Crippen molar-refractivity contribution in [2.24, 2.45) is 0 Å². The van der Waals surface area contributed by atoms with E-state index >= 15 is 0 Å². The van der Waals surface area contributed by atoms with E-state index in [1.165, 1.54) is 24.1 Å². The Kier molecular flexibility index (Phi) is 3.00. The summed E-state index contributed by atoms with van der Waals surface area (Å²) in [6.07, 6.45) is 12.3. The highest BCUT2D eigenvalue weighted by Crippen LogP contribution is 2.23. The molecule has 3 rings (SSSR count). The molecule has 2 aromatic rings. The molecule has 1 aliphatic heterocycles. The monoisotopic (exact) mass is 245 g/mol. The predicted octanol–water partition coefficient (Wildman–Crippen LogP) is 2.51. The minimum atomic E-state index is 0.378. The number of aromatic hydroxyl groups is 1. The third-order valence-electron chi connectivity index (χ3n) is 3.57. The van der Waals surface area contributed by atoms with Crippen LogP contribution in [0.4, 0.5) is 5.69 Å². The maximum absolute atomic E-state index is 9.53. The van der Waals surface area contributed by atoms with Gasteiger partial charge >= 0.3 is 0 Å². The van der Waals surface area contributed by atoms with Crippen molar-refractivity contribution in [1.29, 1.82) is 0 Å². The number of aromatic nitrogens is 2. The summed E-state index contributed by atoms with van der Waals surface area (Å²) in [5, 5.41) is 13.0. The molecule has 0 saturated carbocycles. The molecule has 0 radical (unpaired) electrons. The molecule has 0 amide bonds. The highest BCUT2D eigenvalue weighted by Gasteiger charge is 2.10. The minimum absolute atomic E-state index is 0.378. The molecular formula is C14H19N3O. The van der Waals surface area contributed by atoms with Gasteiger partial charge in [0, 0.05) is 43.4 Å². The SMILES string of the molecule is Oc1c[nH]cc1CCCn1cc2c(c1)NCCC2. The largest absolute Gasteiger partial charge is 0.506 e. The number of anilines is 1. The van der Waals surface area contributed by atoms with Crippen LogP contribution in [0, 0.1) is 0 Å². The Labute approximate surface area is 107 Å². The van der Waals surface area contributed by atoms with E-state index in [1.807, 2.05) is 6.20 Å². The fourth-order valence-electron chi connectivity index (χ4n) is 2.59. The first-order chi connectivity index (χ1) is 8.83. The summed E-state index contributed by atoms with van der Waals surface area (Å²) >= 11 is 0. The number of fused-ring (bicyclic) bond motifs is 1. The molecule has 3 heterocycles. The van der Waals surface area contributed by atoms with Crippen LogP contribution in [-0.4, -0.2) is 21.2 Å². The first kappa shape index (κ1) is 11.3. The van der Waals surface area contributed by atoms with Crippen LogP contribution in [0.2, 0.25) is 0 Å². The van der Waals surface area contributed by atoms with Crippen LogP contribution in [0.25, 0.3) is 0 Å². The topological polar surface area (TPSA) is 53.0 Å². The van der Waals surface area contributed by atoms with Crippen molar-refractivity contribution < 1.29 is 5.11 Å². The molecule has 0 unspecified atom stereocenters. The zero-order valence-electron chi connectivity index (χ0n) is 10.4. The van der Waals surface area contributed by atoms with Gasteiger partial charge < -0.3 is 20.0 Å². The molecule has 18 heavy (non-hydrogen) atoms. The number of hydrogen-bond acceptors (Lipinski definition) is 2. The van der Waals surface area contributed by atoms with Gasteiger partial charge in [0.15, 0.2) is 0 Å². The normalized spacial score (nSPS) is 14.2. The van der Waals surface area contributed by atoms with Crippen molar-refractivity contribution in [2.75, 3.05) is 11.9 Å². The molecule has 4 heteroatoms. The van der Waals surface area contributed by atoms with Gasteiger partial charge in [0.2, 0.25) is 0 Å². The smallest absolute Gasteiger partial charge is 0.136 e. The lowest BCUT2D eigenvalue weighted by Gasteiger charge is -2.12. The number of nitrogens with one attached hydrogen (secondary N) is 2. The van der Waals surface area contributed by atoms with E-state index in [2.05, 4.69) is 27.3 Å². The lowest BCUT2D eigenvalue weighted by Crippen LogP contribution is -2.09. The highest BCUT2D eigenvalue weighted by molar-refractivity contribution is 5.51. The highest BCUT2D eigenvalue weighted by atomic mass is 16.3. The van der Waals surface area contributed by atoms with Gasteiger partial charge in [-0.1, -0.05) is 0 Å². The van der Waals surface area contributed by atoms with E-state index in [0.29, 0.717) is 5.75 Å². The molecule has 0 aromatic carbocycles. The molecule has 2 aromatic heterocycles. The van der Waals surface area contributed by atoms with Crippen molar-refractivity contribution in [1.82, 2.24) is 9.55 Å². The summed E-state index contributed by atoms with van der Waals surface area (Å²) < 4.78 is 2.26. The maximum Gasteiger partial charge on any atom is 0.136 e. The molecule has 1 aliphatic rings. The number of nitrogens with zero attached hydrogens (tertiary/aromatic N) is 1. The van der Waals surface area contributed by atoms with Crippen molar-refractivity contribution >= 4 is 5.69 Å². The summed E-state index contributed by atoms with van der Waals surface area (Å²) in [7, 11) is 0. The fraction of sp³-hybridized carbons (Fsp3) is 0.429. The van der Waals surface area contributed by atoms with E-state index in [4.69, 9.17) is 0 Å². The molecule has 0 saturated heterocycles. The summed E-state index contributed by atoms with van der Waals surface area (Å²) in [5.41, 5.74) is 3.74. The molecular weight excluding hydrogens is 226 g/mol. The van der Waals surface area contributed by atoms with Crippen LogP contribution in [0.5, 0.6) is 5.75 Å². The summed E-state index contributed by atoms with van der Waals surface area (Å²) in [6, 6.07) is 0. The Morgan fingerprint density at radius 3 is 3.00 bits per heavy atom. The van der Waals surface area contributed by atoms with Crippen LogP contribution < -0.4 is 5.32 Å². The summed E-state index contributed by atoms with van der Waals surface area (Å²) in [5.74, 6) is 0.378. The van der Waals surface area contributed by atoms with Crippen molar-refractivity contribution in [3.8, 4) is 5.75 Å². The Morgan fingerprint density at radius 1 is 1.28 bits per heavy atom. The van der Waals surface area contributed by atoms with Crippen molar-refractivity contribution in [3.05, 3.63) is 35.9 Å². The van der Waals surface area contributed by atoms with Gasteiger partial charge in [0.25, 0.3) is 0 Å². The number of aromatic amines is 1. The minimum Gasteiger partial charge on any atom is -0.506 e. The lowest BCUT2D eigenvalue weighted by molar-refractivity contribution is 0.467. The first-order valence-electron chi connectivity index (χ1n) is 6.60. The third-order valence-corrected chi connectivity index (χ3v) is 3.57. The standard InChI is InChI=1S/C14H19N3O/c18-14-8-15-7-11(14)4-2-6-17-9-12-3-1-5-16-13(12)10-17/h7-10,15-16,18H,1-6H2.